The van der Waals surface area contributed by atoms with E-state index < -0.39 is 5.41 Å². The van der Waals surface area contributed by atoms with Crippen LogP contribution in [0.4, 0.5) is 0 Å². The van der Waals surface area contributed by atoms with Crippen LogP contribution in [-0.2, 0) is 19.1 Å². The van der Waals surface area contributed by atoms with Gasteiger partial charge in [0.1, 0.15) is 12.7 Å². The molecular weight excluding hydrogens is 256 g/mol. The molecule has 2 aliphatic rings. The van der Waals surface area contributed by atoms with E-state index in [4.69, 9.17) is 9.47 Å². The molecule has 2 saturated carbocycles. The van der Waals surface area contributed by atoms with Gasteiger partial charge in [0.05, 0.1) is 11.8 Å². The van der Waals surface area contributed by atoms with Crippen LogP contribution in [0.2, 0.25) is 0 Å². The van der Waals surface area contributed by atoms with E-state index in [1.54, 1.807) is 0 Å². The van der Waals surface area contributed by atoms with Crippen molar-refractivity contribution in [1.29, 1.82) is 0 Å². The lowest BCUT2D eigenvalue weighted by Gasteiger charge is -2.22. The average molecular weight is 282 g/mol. The SMILES string of the molecule is CCC(C)(C)C(=O)OCCC(=O)OC1CC2CCC1C2. The van der Waals surface area contributed by atoms with Crippen LogP contribution in [0.5, 0.6) is 0 Å². The molecule has 2 fully saturated rings. The number of hydrogen-bond donors (Lipinski definition) is 0. The number of carbonyl (C=O) groups excluding carboxylic acids is 2. The van der Waals surface area contributed by atoms with Crippen molar-refractivity contribution in [3.8, 4) is 0 Å². The van der Waals surface area contributed by atoms with Gasteiger partial charge in [-0.2, -0.15) is 0 Å². The van der Waals surface area contributed by atoms with E-state index in [1.807, 2.05) is 20.8 Å². The third-order valence-corrected chi connectivity index (χ3v) is 4.93. The fourth-order valence-corrected chi connectivity index (χ4v) is 3.13. The lowest BCUT2D eigenvalue weighted by molar-refractivity contribution is -0.159. The van der Waals surface area contributed by atoms with Gasteiger partial charge in [0, 0.05) is 0 Å². The van der Waals surface area contributed by atoms with Gasteiger partial charge in [-0.1, -0.05) is 6.92 Å². The molecular formula is C16H26O4. The van der Waals surface area contributed by atoms with Crippen LogP contribution in [0, 0.1) is 17.3 Å². The number of ether oxygens (including phenoxy) is 2. The van der Waals surface area contributed by atoms with Gasteiger partial charge in [0.15, 0.2) is 0 Å². The minimum Gasteiger partial charge on any atom is -0.465 e. The van der Waals surface area contributed by atoms with Gasteiger partial charge in [-0.25, -0.2) is 0 Å². The second-order valence-corrected chi connectivity index (χ2v) is 6.83. The average Bonchev–Trinajstić information content (AvgIpc) is 3.00. The van der Waals surface area contributed by atoms with Crippen LogP contribution >= 0.6 is 0 Å². The quantitative estimate of drug-likeness (QED) is 0.702. The smallest absolute Gasteiger partial charge is 0.311 e. The Hall–Kier alpha value is -1.06. The number of fused-ring (bicyclic) bond motifs is 2. The Kier molecular flexibility index (Phi) is 4.71. The zero-order valence-corrected chi connectivity index (χ0v) is 12.8. The van der Waals surface area contributed by atoms with Crippen LogP contribution in [0.25, 0.3) is 0 Å². The highest BCUT2D eigenvalue weighted by molar-refractivity contribution is 5.76. The molecule has 0 saturated heterocycles. The van der Waals surface area contributed by atoms with Crippen molar-refractivity contribution in [3.63, 3.8) is 0 Å². The van der Waals surface area contributed by atoms with Crippen LogP contribution in [0.15, 0.2) is 0 Å². The number of esters is 2. The second-order valence-electron chi connectivity index (χ2n) is 6.83. The lowest BCUT2D eigenvalue weighted by Crippen LogP contribution is -2.28. The highest BCUT2D eigenvalue weighted by Gasteiger charge is 2.41. The molecule has 0 aromatic carbocycles. The normalized spacial score (nSPS) is 28.4. The molecule has 4 heteroatoms. The first-order valence-corrected chi connectivity index (χ1v) is 7.79. The summed E-state index contributed by atoms with van der Waals surface area (Å²) >= 11 is 0. The Labute approximate surface area is 121 Å². The van der Waals surface area contributed by atoms with E-state index in [2.05, 4.69) is 0 Å². The largest absolute Gasteiger partial charge is 0.465 e. The summed E-state index contributed by atoms with van der Waals surface area (Å²) in [6, 6.07) is 0. The van der Waals surface area contributed by atoms with Gasteiger partial charge in [-0.05, 0) is 57.8 Å². The summed E-state index contributed by atoms with van der Waals surface area (Å²) in [5.41, 5.74) is -0.478. The molecule has 2 rings (SSSR count). The topological polar surface area (TPSA) is 52.6 Å². The van der Waals surface area contributed by atoms with Gasteiger partial charge in [-0.15, -0.1) is 0 Å². The van der Waals surface area contributed by atoms with Crippen LogP contribution in [0.1, 0.15) is 59.3 Å². The molecule has 3 atom stereocenters. The zero-order valence-electron chi connectivity index (χ0n) is 12.8. The zero-order chi connectivity index (χ0) is 14.8. The number of rotatable bonds is 6. The van der Waals surface area contributed by atoms with Crippen molar-refractivity contribution in [2.75, 3.05) is 6.61 Å². The maximum Gasteiger partial charge on any atom is 0.311 e. The fraction of sp³-hybridized carbons (Fsp3) is 0.875. The molecule has 0 aromatic heterocycles. The third kappa shape index (κ3) is 3.53. The van der Waals surface area contributed by atoms with Gasteiger partial charge >= 0.3 is 11.9 Å². The summed E-state index contributed by atoms with van der Waals surface area (Å²) in [6.07, 6.45) is 5.74. The van der Waals surface area contributed by atoms with Crippen LogP contribution in [-0.4, -0.2) is 24.6 Å². The molecule has 0 aromatic rings. The second kappa shape index (κ2) is 6.15. The molecule has 0 spiro atoms. The molecule has 0 amide bonds. The molecule has 4 nitrogen and oxygen atoms in total. The minimum absolute atomic E-state index is 0.115. The van der Waals surface area contributed by atoms with E-state index in [9.17, 15) is 9.59 Å². The predicted octanol–water partition coefficient (Wildman–Crippen LogP) is 3.09. The minimum atomic E-state index is -0.478. The van der Waals surface area contributed by atoms with E-state index in [1.165, 1.54) is 19.3 Å². The highest BCUT2D eigenvalue weighted by atomic mass is 16.6. The van der Waals surface area contributed by atoms with Gasteiger partial charge in [0.25, 0.3) is 0 Å². The molecule has 114 valence electrons. The van der Waals surface area contributed by atoms with Crippen LogP contribution in [0.3, 0.4) is 0 Å². The maximum absolute atomic E-state index is 11.8. The Morgan fingerprint density at radius 3 is 2.50 bits per heavy atom. The summed E-state index contributed by atoms with van der Waals surface area (Å²) in [6.45, 7) is 5.78. The molecule has 2 aliphatic carbocycles. The summed E-state index contributed by atoms with van der Waals surface area (Å²) in [5, 5.41) is 0. The monoisotopic (exact) mass is 282 g/mol. The summed E-state index contributed by atoms with van der Waals surface area (Å²) in [4.78, 5) is 23.5. The van der Waals surface area contributed by atoms with Gasteiger partial charge in [-0.3, -0.25) is 9.59 Å². The number of carbonyl (C=O) groups is 2. The molecule has 20 heavy (non-hydrogen) atoms. The lowest BCUT2D eigenvalue weighted by atomic mass is 9.91. The highest BCUT2D eigenvalue weighted by Crippen LogP contribution is 2.45. The first kappa shape index (κ1) is 15.3. The summed E-state index contributed by atoms with van der Waals surface area (Å²) in [5.74, 6) is 0.865. The molecule has 0 aliphatic heterocycles. The summed E-state index contributed by atoms with van der Waals surface area (Å²) < 4.78 is 10.7. The fourth-order valence-electron chi connectivity index (χ4n) is 3.13. The first-order chi connectivity index (χ1) is 9.42. The molecule has 0 radical (unpaired) electrons. The van der Waals surface area contributed by atoms with Crippen molar-refractivity contribution in [1.82, 2.24) is 0 Å². The molecule has 3 unspecified atom stereocenters. The standard InChI is InChI=1S/C16H26O4/c1-4-16(2,3)15(18)19-8-7-14(17)20-13-10-11-5-6-12(13)9-11/h11-13H,4-10H2,1-3H3. The van der Waals surface area contributed by atoms with Crippen molar-refractivity contribution in [3.05, 3.63) is 0 Å². The van der Waals surface area contributed by atoms with E-state index >= 15 is 0 Å². The Morgan fingerprint density at radius 2 is 1.95 bits per heavy atom. The Morgan fingerprint density at radius 1 is 1.20 bits per heavy atom. The Bertz CT molecular complexity index is 375. The maximum atomic E-state index is 11.8. The van der Waals surface area contributed by atoms with Crippen molar-refractivity contribution in [2.24, 2.45) is 17.3 Å². The van der Waals surface area contributed by atoms with Crippen molar-refractivity contribution in [2.45, 2.75) is 65.4 Å². The molecule has 0 heterocycles. The third-order valence-electron chi connectivity index (χ3n) is 4.93. The van der Waals surface area contributed by atoms with Crippen LogP contribution < -0.4 is 0 Å². The van der Waals surface area contributed by atoms with Gasteiger partial charge in [0.2, 0.25) is 0 Å². The summed E-state index contributed by atoms with van der Waals surface area (Å²) in [7, 11) is 0. The van der Waals surface area contributed by atoms with E-state index in [0.717, 1.165) is 18.8 Å². The molecule has 0 N–H and O–H groups in total. The van der Waals surface area contributed by atoms with Crippen molar-refractivity contribution >= 4 is 11.9 Å². The number of hydrogen-bond acceptors (Lipinski definition) is 4. The van der Waals surface area contributed by atoms with E-state index in [0.29, 0.717) is 5.92 Å². The van der Waals surface area contributed by atoms with Gasteiger partial charge < -0.3 is 9.47 Å². The van der Waals surface area contributed by atoms with Crippen molar-refractivity contribution < 1.29 is 19.1 Å². The molecule has 2 bridgehead atoms. The Balaban J connectivity index is 1.65. The predicted molar refractivity (Wildman–Crippen MR) is 75.0 cm³/mol. The first-order valence-electron chi connectivity index (χ1n) is 7.79. The van der Waals surface area contributed by atoms with E-state index in [-0.39, 0.29) is 31.1 Å².